The fourth-order valence-corrected chi connectivity index (χ4v) is 0.641. The van der Waals surface area contributed by atoms with Crippen LogP contribution in [0.2, 0.25) is 0 Å². The largest absolute Gasteiger partial charge is 0.393 e. The van der Waals surface area contributed by atoms with Gasteiger partial charge in [0.15, 0.2) is 0 Å². The van der Waals surface area contributed by atoms with Crippen molar-refractivity contribution in [1.82, 2.24) is 5.32 Å². The summed E-state index contributed by atoms with van der Waals surface area (Å²) < 4.78 is 0. The number of hydrogen-bond acceptors (Lipinski definition) is 3. The van der Waals surface area contributed by atoms with E-state index >= 15 is 0 Å². The number of hydrogen-bond donors (Lipinski definition) is 1. The van der Waals surface area contributed by atoms with Gasteiger partial charge in [0.05, 0.1) is 0 Å². The van der Waals surface area contributed by atoms with Crippen LogP contribution in [0.15, 0.2) is 34.7 Å². The highest BCUT2D eigenvalue weighted by molar-refractivity contribution is 5.68. The Bertz CT molecular complexity index is 224. The summed E-state index contributed by atoms with van der Waals surface area (Å²) in [6.07, 6.45) is 8.94. The highest BCUT2D eigenvalue weighted by atomic mass is 14.8. The Hall–Kier alpha value is -1.38. The fourth-order valence-electron chi connectivity index (χ4n) is 0.641. The first-order valence-corrected chi connectivity index (χ1v) is 4.12. The molecule has 72 valence electrons. The van der Waals surface area contributed by atoms with E-state index in [0.29, 0.717) is 0 Å². The van der Waals surface area contributed by atoms with Crippen LogP contribution < -0.4 is 5.32 Å². The smallest absolute Gasteiger partial charge is 0.0421 e. The Morgan fingerprint density at radius 3 is 2.54 bits per heavy atom. The van der Waals surface area contributed by atoms with Crippen LogP contribution in [0.25, 0.3) is 0 Å². The molecule has 3 nitrogen and oxygen atoms in total. The van der Waals surface area contributed by atoms with E-state index in [9.17, 15) is 0 Å². The van der Waals surface area contributed by atoms with E-state index in [4.69, 9.17) is 0 Å². The number of nitrogens with one attached hydrogen (secondary N) is 1. The summed E-state index contributed by atoms with van der Waals surface area (Å²) >= 11 is 0. The summed E-state index contributed by atoms with van der Waals surface area (Å²) in [4.78, 5) is 7.75. The molecular weight excluding hydrogens is 162 g/mol. The summed E-state index contributed by atoms with van der Waals surface area (Å²) in [5.74, 6) is 0. The minimum Gasteiger partial charge on any atom is -0.393 e. The van der Waals surface area contributed by atoms with Crippen LogP contribution in [-0.2, 0) is 0 Å². The Kier molecular flexibility index (Phi) is 5.52. The van der Waals surface area contributed by atoms with E-state index in [-0.39, 0.29) is 5.41 Å². The van der Waals surface area contributed by atoms with Crippen molar-refractivity contribution in [2.24, 2.45) is 15.4 Å². The van der Waals surface area contributed by atoms with Crippen LogP contribution >= 0.6 is 0 Å². The highest BCUT2D eigenvalue weighted by Crippen LogP contribution is 2.13. The zero-order valence-electron chi connectivity index (χ0n) is 8.49. The molecule has 1 N–H and O–H groups in total. The third kappa shape index (κ3) is 7.00. The maximum Gasteiger partial charge on any atom is 0.0421 e. The van der Waals surface area contributed by atoms with E-state index in [1.165, 1.54) is 0 Å². The van der Waals surface area contributed by atoms with Crippen LogP contribution in [-0.4, -0.2) is 20.0 Å². The second-order valence-corrected chi connectivity index (χ2v) is 3.20. The third-order valence-corrected chi connectivity index (χ3v) is 1.34. The molecule has 0 bridgehead atoms. The molecule has 0 rings (SSSR count). The molecule has 0 aromatic rings. The topological polar surface area (TPSA) is 36.8 Å². The summed E-state index contributed by atoms with van der Waals surface area (Å²) in [6, 6.07) is 0. The van der Waals surface area contributed by atoms with Crippen molar-refractivity contribution in [3.05, 3.63) is 24.7 Å². The van der Waals surface area contributed by atoms with Gasteiger partial charge in [-0.25, -0.2) is 0 Å². The van der Waals surface area contributed by atoms with Crippen LogP contribution in [0.4, 0.5) is 0 Å². The zero-order valence-corrected chi connectivity index (χ0v) is 8.49. The van der Waals surface area contributed by atoms with Gasteiger partial charge in [0.25, 0.3) is 0 Å². The van der Waals surface area contributed by atoms with E-state index < -0.39 is 0 Å². The predicted octanol–water partition coefficient (Wildman–Crippen LogP) is 1.99. The Morgan fingerprint density at radius 1 is 1.31 bits per heavy atom. The van der Waals surface area contributed by atoms with Gasteiger partial charge in [-0.2, -0.15) is 0 Å². The van der Waals surface area contributed by atoms with Gasteiger partial charge in [-0.15, -0.1) is 0 Å². The summed E-state index contributed by atoms with van der Waals surface area (Å²) in [5.41, 5.74) is -0.0841. The van der Waals surface area contributed by atoms with Crippen LogP contribution in [0.1, 0.15) is 13.8 Å². The van der Waals surface area contributed by atoms with E-state index in [0.717, 1.165) is 0 Å². The lowest BCUT2D eigenvalue weighted by Crippen LogP contribution is -2.08. The molecule has 0 aliphatic heterocycles. The summed E-state index contributed by atoms with van der Waals surface area (Å²) in [5, 5.41) is 2.86. The fraction of sp³-hybridized carbons (Fsp3) is 0.400. The van der Waals surface area contributed by atoms with Crippen molar-refractivity contribution >= 4 is 12.9 Å². The standard InChI is InChI=1S/C10H17N3/c1-10(2,5-6-11-3)9-13-8-7-12-4/h5-9,12H,3H2,1-2,4H3/b6-5-,8-7?,13-9?. The van der Waals surface area contributed by atoms with E-state index in [1.54, 1.807) is 18.6 Å². The van der Waals surface area contributed by atoms with Crippen molar-refractivity contribution in [2.45, 2.75) is 13.8 Å². The summed E-state index contributed by atoms with van der Waals surface area (Å²) in [7, 11) is 1.83. The molecule has 0 saturated heterocycles. The van der Waals surface area contributed by atoms with Gasteiger partial charge < -0.3 is 5.32 Å². The zero-order chi connectivity index (χ0) is 10.2. The first-order chi connectivity index (χ1) is 6.12. The Morgan fingerprint density at radius 2 is 2.00 bits per heavy atom. The second-order valence-electron chi connectivity index (χ2n) is 3.20. The van der Waals surface area contributed by atoms with Crippen molar-refractivity contribution in [3.63, 3.8) is 0 Å². The monoisotopic (exact) mass is 179 g/mol. The molecule has 0 fully saturated rings. The average molecular weight is 179 g/mol. The molecule has 0 spiro atoms. The second kappa shape index (κ2) is 6.17. The predicted molar refractivity (Wildman–Crippen MR) is 59.2 cm³/mol. The molecule has 3 heteroatoms. The van der Waals surface area contributed by atoms with Crippen molar-refractivity contribution < 1.29 is 0 Å². The average Bonchev–Trinajstić information content (AvgIpc) is 2.09. The van der Waals surface area contributed by atoms with Crippen LogP contribution in [0.5, 0.6) is 0 Å². The van der Waals surface area contributed by atoms with Crippen LogP contribution in [0.3, 0.4) is 0 Å². The molecule has 0 aliphatic rings. The maximum absolute atomic E-state index is 4.10. The molecule has 0 aromatic carbocycles. The van der Waals surface area contributed by atoms with Crippen molar-refractivity contribution in [3.8, 4) is 0 Å². The molecule has 13 heavy (non-hydrogen) atoms. The molecule has 0 atom stereocenters. The lowest BCUT2D eigenvalue weighted by Gasteiger charge is -2.11. The molecular formula is C10H17N3. The number of allylic oxidation sites excluding steroid dienone is 1. The highest BCUT2D eigenvalue weighted by Gasteiger charge is 2.08. The minimum absolute atomic E-state index is 0.0841. The molecule has 0 saturated carbocycles. The van der Waals surface area contributed by atoms with Gasteiger partial charge in [-0.3, -0.25) is 9.98 Å². The molecule has 0 radical (unpaired) electrons. The molecule has 0 unspecified atom stereocenters. The normalized spacial score (nSPS) is 13.2. The lowest BCUT2D eigenvalue weighted by atomic mass is 9.96. The van der Waals surface area contributed by atoms with Crippen molar-refractivity contribution in [2.75, 3.05) is 7.05 Å². The Balaban J connectivity index is 4.15. The van der Waals surface area contributed by atoms with Gasteiger partial charge in [-0.1, -0.05) is 19.9 Å². The molecule has 0 aliphatic carbocycles. The molecule has 0 heterocycles. The Labute approximate surface area is 80.0 Å². The van der Waals surface area contributed by atoms with Crippen LogP contribution in [0, 0.1) is 5.41 Å². The SMILES string of the molecule is C=N/C=C\C(C)(C)C=NC=CNC. The first kappa shape index (κ1) is 11.6. The summed E-state index contributed by atoms with van der Waals surface area (Å²) in [6.45, 7) is 7.46. The number of aliphatic imine (C=N–C) groups is 2. The molecule has 0 amide bonds. The number of rotatable bonds is 5. The first-order valence-electron chi connectivity index (χ1n) is 4.12. The van der Waals surface area contributed by atoms with Gasteiger partial charge in [0, 0.05) is 37.3 Å². The molecule has 0 aromatic heterocycles. The quantitative estimate of drug-likeness (QED) is 0.644. The van der Waals surface area contributed by atoms with Gasteiger partial charge in [0.1, 0.15) is 0 Å². The maximum atomic E-state index is 4.10. The minimum atomic E-state index is -0.0841. The number of nitrogens with zero attached hydrogens (tertiary/aromatic N) is 2. The van der Waals surface area contributed by atoms with E-state index in [1.807, 2.05) is 33.2 Å². The third-order valence-electron chi connectivity index (χ3n) is 1.34. The lowest BCUT2D eigenvalue weighted by molar-refractivity contribution is 0.692. The van der Waals surface area contributed by atoms with Crippen molar-refractivity contribution in [1.29, 1.82) is 0 Å². The van der Waals surface area contributed by atoms with E-state index in [2.05, 4.69) is 22.0 Å². The van der Waals surface area contributed by atoms with Gasteiger partial charge in [-0.05, 0) is 6.72 Å². The van der Waals surface area contributed by atoms with Gasteiger partial charge >= 0.3 is 0 Å². The van der Waals surface area contributed by atoms with Gasteiger partial charge in [0.2, 0.25) is 0 Å².